The van der Waals surface area contributed by atoms with Crippen LogP contribution in [0.15, 0.2) is 6.20 Å². The molecule has 1 amide bonds. The van der Waals surface area contributed by atoms with Gasteiger partial charge in [-0.3, -0.25) is 9.69 Å². The van der Waals surface area contributed by atoms with Crippen LogP contribution in [0.1, 0.15) is 37.9 Å². The van der Waals surface area contributed by atoms with Gasteiger partial charge in [0.2, 0.25) is 5.91 Å². The van der Waals surface area contributed by atoms with Gasteiger partial charge in [-0.15, -0.1) is 0 Å². The number of imidazole rings is 1. The van der Waals surface area contributed by atoms with Crippen LogP contribution in [0.2, 0.25) is 0 Å². The molecule has 0 aromatic carbocycles. The second-order valence-electron chi connectivity index (χ2n) is 6.48. The van der Waals surface area contributed by atoms with Crippen molar-refractivity contribution in [3.05, 3.63) is 12.0 Å². The number of carbonyl (C=O) groups is 1. The Morgan fingerprint density at radius 1 is 1.40 bits per heavy atom. The molecule has 1 aliphatic carbocycles. The number of aryl methyl sites for hydroxylation is 1. The molecular formula is C15H22N4O. The number of rotatable bonds is 3. The fourth-order valence-corrected chi connectivity index (χ4v) is 4.10. The first-order valence-electron chi connectivity index (χ1n) is 7.88. The highest BCUT2D eigenvalue weighted by atomic mass is 16.2. The molecule has 108 valence electrons. The summed E-state index contributed by atoms with van der Waals surface area (Å²) in [5, 5.41) is 3.06. The Bertz CT molecular complexity index is 524. The van der Waals surface area contributed by atoms with Crippen LogP contribution in [0, 0.1) is 5.92 Å². The number of nitrogens with one attached hydrogen (secondary N) is 1. The van der Waals surface area contributed by atoms with E-state index < -0.39 is 0 Å². The molecule has 2 fully saturated rings. The summed E-state index contributed by atoms with van der Waals surface area (Å²) >= 11 is 0. The van der Waals surface area contributed by atoms with Gasteiger partial charge >= 0.3 is 0 Å². The van der Waals surface area contributed by atoms with Gasteiger partial charge in [0.25, 0.3) is 0 Å². The Morgan fingerprint density at radius 3 is 3.15 bits per heavy atom. The predicted molar refractivity (Wildman–Crippen MR) is 76.5 cm³/mol. The summed E-state index contributed by atoms with van der Waals surface area (Å²) < 4.78 is 2.16. The Labute approximate surface area is 119 Å². The highest BCUT2D eigenvalue weighted by Crippen LogP contribution is 2.37. The number of aromatic nitrogens is 2. The zero-order valence-electron chi connectivity index (χ0n) is 11.8. The van der Waals surface area contributed by atoms with Crippen molar-refractivity contribution >= 4 is 11.7 Å². The van der Waals surface area contributed by atoms with Crippen LogP contribution in [-0.2, 0) is 17.8 Å². The molecule has 3 aliphatic rings. The highest BCUT2D eigenvalue weighted by Gasteiger charge is 2.38. The predicted octanol–water partition coefficient (Wildman–Crippen LogP) is 1.64. The Morgan fingerprint density at radius 2 is 2.35 bits per heavy atom. The van der Waals surface area contributed by atoms with Crippen molar-refractivity contribution in [1.29, 1.82) is 0 Å². The molecule has 1 N–H and O–H groups in total. The molecule has 4 rings (SSSR count). The van der Waals surface area contributed by atoms with Crippen LogP contribution in [0.25, 0.3) is 0 Å². The van der Waals surface area contributed by atoms with E-state index in [4.69, 9.17) is 0 Å². The molecule has 5 heteroatoms. The minimum Gasteiger partial charge on any atom is -0.315 e. The number of amides is 1. The lowest BCUT2D eigenvalue weighted by molar-refractivity contribution is -0.117. The molecule has 2 aliphatic heterocycles. The Kier molecular flexibility index (Phi) is 3.02. The zero-order chi connectivity index (χ0) is 13.5. The van der Waals surface area contributed by atoms with Gasteiger partial charge in [0, 0.05) is 25.6 Å². The molecule has 0 radical (unpaired) electrons. The van der Waals surface area contributed by atoms with E-state index in [1.807, 2.05) is 6.20 Å². The molecule has 2 bridgehead atoms. The summed E-state index contributed by atoms with van der Waals surface area (Å²) in [6, 6.07) is 0.658. The number of piperidine rings is 1. The molecule has 2 atom stereocenters. The molecule has 5 nitrogen and oxygen atoms in total. The van der Waals surface area contributed by atoms with Gasteiger partial charge in [0.15, 0.2) is 0 Å². The SMILES string of the molecule is O=C(CN1C[C@H]2CC[C@@H]1C2)Nc1cnc2n1CCCC2. The van der Waals surface area contributed by atoms with E-state index in [2.05, 4.69) is 19.8 Å². The fourth-order valence-electron chi connectivity index (χ4n) is 4.10. The molecule has 1 saturated heterocycles. The van der Waals surface area contributed by atoms with Crippen LogP contribution in [-0.4, -0.2) is 39.5 Å². The normalized spacial score (nSPS) is 28.6. The first-order valence-corrected chi connectivity index (χ1v) is 7.88. The fraction of sp³-hybridized carbons (Fsp3) is 0.733. The largest absolute Gasteiger partial charge is 0.315 e. The quantitative estimate of drug-likeness (QED) is 0.911. The Hall–Kier alpha value is -1.36. The van der Waals surface area contributed by atoms with E-state index in [1.165, 1.54) is 32.1 Å². The van der Waals surface area contributed by atoms with Gasteiger partial charge in [-0.05, 0) is 38.0 Å². The lowest BCUT2D eigenvalue weighted by atomic mass is 10.1. The molecule has 0 spiro atoms. The monoisotopic (exact) mass is 274 g/mol. The molecule has 3 heterocycles. The van der Waals surface area contributed by atoms with Crippen molar-refractivity contribution in [3.8, 4) is 0 Å². The van der Waals surface area contributed by atoms with Crippen molar-refractivity contribution < 1.29 is 4.79 Å². The standard InChI is InChI=1S/C15H22N4O/c20-15(10-18-9-11-4-5-12(18)7-11)17-14-8-16-13-3-1-2-6-19(13)14/h8,11-12H,1-7,9-10H2,(H,17,20)/t11-,12+/m0/s1. The number of anilines is 1. The van der Waals surface area contributed by atoms with E-state index in [-0.39, 0.29) is 5.91 Å². The smallest absolute Gasteiger partial charge is 0.239 e. The maximum Gasteiger partial charge on any atom is 0.239 e. The average molecular weight is 274 g/mol. The second kappa shape index (κ2) is 4.88. The van der Waals surface area contributed by atoms with E-state index in [0.717, 1.165) is 37.1 Å². The number of carbonyl (C=O) groups excluding carboxylic acids is 1. The topological polar surface area (TPSA) is 50.2 Å². The van der Waals surface area contributed by atoms with Crippen LogP contribution < -0.4 is 5.32 Å². The lowest BCUT2D eigenvalue weighted by Gasteiger charge is -2.26. The van der Waals surface area contributed by atoms with Crippen molar-refractivity contribution in [2.45, 2.75) is 51.1 Å². The third-order valence-corrected chi connectivity index (χ3v) is 5.11. The molecule has 0 unspecified atom stereocenters. The number of likely N-dealkylation sites (tertiary alicyclic amines) is 1. The number of hydrogen-bond donors (Lipinski definition) is 1. The average Bonchev–Trinajstić information content (AvgIpc) is 3.14. The molecule has 1 aromatic rings. The van der Waals surface area contributed by atoms with Gasteiger partial charge in [-0.2, -0.15) is 0 Å². The van der Waals surface area contributed by atoms with Gasteiger partial charge in [-0.25, -0.2) is 4.98 Å². The summed E-state index contributed by atoms with van der Waals surface area (Å²) in [5.41, 5.74) is 0. The summed E-state index contributed by atoms with van der Waals surface area (Å²) in [6.45, 7) is 2.64. The number of fused-ring (bicyclic) bond motifs is 3. The molecule has 20 heavy (non-hydrogen) atoms. The maximum atomic E-state index is 12.2. The molecule has 1 aromatic heterocycles. The Balaban J connectivity index is 1.39. The lowest BCUT2D eigenvalue weighted by Crippen LogP contribution is -2.38. The first kappa shape index (κ1) is 12.4. The molecule has 1 saturated carbocycles. The summed E-state index contributed by atoms with van der Waals surface area (Å²) in [7, 11) is 0. The van der Waals surface area contributed by atoms with Crippen molar-refractivity contribution in [3.63, 3.8) is 0 Å². The van der Waals surface area contributed by atoms with Gasteiger partial charge in [0.1, 0.15) is 11.6 Å². The minimum absolute atomic E-state index is 0.117. The van der Waals surface area contributed by atoms with E-state index >= 15 is 0 Å². The summed E-state index contributed by atoms with van der Waals surface area (Å²) in [4.78, 5) is 19.0. The summed E-state index contributed by atoms with van der Waals surface area (Å²) in [6.07, 6.45) is 9.18. The van der Waals surface area contributed by atoms with Crippen molar-refractivity contribution in [2.24, 2.45) is 5.92 Å². The van der Waals surface area contributed by atoms with Gasteiger partial charge in [0.05, 0.1) is 12.7 Å². The third-order valence-electron chi connectivity index (χ3n) is 5.11. The van der Waals surface area contributed by atoms with E-state index in [9.17, 15) is 4.79 Å². The van der Waals surface area contributed by atoms with Crippen LogP contribution in [0.4, 0.5) is 5.82 Å². The maximum absolute atomic E-state index is 12.2. The van der Waals surface area contributed by atoms with E-state index in [0.29, 0.717) is 12.6 Å². The van der Waals surface area contributed by atoms with Gasteiger partial charge in [-0.1, -0.05) is 0 Å². The van der Waals surface area contributed by atoms with E-state index in [1.54, 1.807) is 0 Å². The third kappa shape index (κ3) is 2.14. The number of nitrogens with zero attached hydrogens (tertiary/aromatic N) is 3. The van der Waals surface area contributed by atoms with Crippen LogP contribution in [0.5, 0.6) is 0 Å². The first-order chi connectivity index (χ1) is 9.79. The second-order valence-corrected chi connectivity index (χ2v) is 6.48. The molecular weight excluding hydrogens is 252 g/mol. The minimum atomic E-state index is 0.117. The number of hydrogen-bond acceptors (Lipinski definition) is 3. The highest BCUT2D eigenvalue weighted by molar-refractivity contribution is 5.91. The van der Waals surface area contributed by atoms with Crippen molar-refractivity contribution in [2.75, 3.05) is 18.4 Å². The van der Waals surface area contributed by atoms with Gasteiger partial charge < -0.3 is 9.88 Å². The van der Waals surface area contributed by atoms with Crippen LogP contribution in [0.3, 0.4) is 0 Å². The zero-order valence-corrected chi connectivity index (χ0v) is 11.8. The van der Waals surface area contributed by atoms with Crippen molar-refractivity contribution in [1.82, 2.24) is 14.5 Å². The summed E-state index contributed by atoms with van der Waals surface area (Å²) in [5.74, 6) is 2.96. The van der Waals surface area contributed by atoms with Crippen LogP contribution >= 0.6 is 0 Å².